The quantitative estimate of drug-likeness (QED) is 0.780. The SMILES string of the molecule is COc1ccc(C=O)cc1CN1CC(C)CCC1C. The highest BCUT2D eigenvalue weighted by atomic mass is 16.5. The fourth-order valence-electron chi connectivity index (χ4n) is 2.81. The monoisotopic (exact) mass is 261 g/mol. The first-order chi connectivity index (χ1) is 9.13. The summed E-state index contributed by atoms with van der Waals surface area (Å²) >= 11 is 0. The molecule has 0 aliphatic carbocycles. The van der Waals surface area contributed by atoms with Gasteiger partial charge in [0.1, 0.15) is 12.0 Å². The fraction of sp³-hybridized carbons (Fsp3) is 0.562. The number of likely N-dealkylation sites (tertiary alicyclic amines) is 1. The highest BCUT2D eigenvalue weighted by Crippen LogP contribution is 2.27. The normalized spacial score (nSPS) is 24.2. The number of ether oxygens (including phenoxy) is 1. The van der Waals surface area contributed by atoms with Crippen LogP contribution in [0, 0.1) is 5.92 Å². The standard InChI is InChI=1S/C16H23NO2/c1-12-4-5-13(2)17(9-12)10-15-8-14(11-18)6-7-16(15)19-3/h6-8,11-13H,4-5,9-10H2,1-3H3. The van der Waals surface area contributed by atoms with E-state index in [0.717, 1.165) is 36.6 Å². The Balaban J connectivity index is 2.18. The fourth-order valence-corrected chi connectivity index (χ4v) is 2.81. The van der Waals surface area contributed by atoms with Gasteiger partial charge < -0.3 is 4.74 Å². The molecule has 2 atom stereocenters. The van der Waals surface area contributed by atoms with Gasteiger partial charge in [0.15, 0.2) is 0 Å². The number of hydrogen-bond donors (Lipinski definition) is 0. The van der Waals surface area contributed by atoms with Crippen LogP contribution in [0.15, 0.2) is 18.2 Å². The van der Waals surface area contributed by atoms with Gasteiger partial charge in [-0.3, -0.25) is 9.69 Å². The zero-order chi connectivity index (χ0) is 13.8. The summed E-state index contributed by atoms with van der Waals surface area (Å²) in [5.74, 6) is 1.62. The molecule has 2 rings (SSSR count). The molecule has 19 heavy (non-hydrogen) atoms. The summed E-state index contributed by atoms with van der Waals surface area (Å²) in [6.45, 7) is 6.56. The van der Waals surface area contributed by atoms with E-state index in [9.17, 15) is 4.79 Å². The van der Waals surface area contributed by atoms with Crippen molar-refractivity contribution < 1.29 is 9.53 Å². The van der Waals surface area contributed by atoms with E-state index in [4.69, 9.17) is 4.74 Å². The molecule has 1 aromatic rings. The molecule has 1 aliphatic rings. The number of nitrogens with zero attached hydrogens (tertiary/aromatic N) is 1. The number of carbonyl (C=O) groups excluding carboxylic acids is 1. The maximum Gasteiger partial charge on any atom is 0.150 e. The molecule has 104 valence electrons. The summed E-state index contributed by atoms with van der Waals surface area (Å²) < 4.78 is 5.41. The van der Waals surface area contributed by atoms with E-state index in [-0.39, 0.29) is 0 Å². The second-order valence-electron chi connectivity index (χ2n) is 5.65. The van der Waals surface area contributed by atoms with Crippen LogP contribution in [0.3, 0.4) is 0 Å². The van der Waals surface area contributed by atoms with Crippen molar-refractivity contribution >= 4 is 6.29 Å². The van der Waals surface area contributed by atoms with E-state index in [2.05, 4.69) is 18.7 Å². The van der Waals surface area contributed by atoms with Crippen LogP contribution in [0.2, 0.25) is 0 Å². The molecular weight excluding hydrogens is 238 g/mol. The molecule has 0 radical (unpaired) electrons. The van der Waals surface area contributed by atoms with E-state index in [0.29, 0.717) is 11.6 Å². The average Bonchev–Trinajstić information content (AvgIpc) is 2.42. The summed E-state index contributed by atoms with van der Waals surface area (Å²) in [4.78, 5) is 13.4. The van der Waals surface area contributed by atoms with Crippen LogP contribution in [0.1, 0.15) is 42.6 Å². The molecule has 1 heterocycles. The molecule has 1 saturated heterocycles. The topological polar surface area (TPSA) is 29.5 Å². The lowest BCUT2D eigenvalue weighted by Crippen LogP contribution is -2.40. The van der Waals surface area contributed by atoms with Crippen molar-refractivity contribution in [2.24, 2.45) is 5.92 Å². The van der Waals surface area contributed by atoms with Crippen LogP contribution in [-0.4, -0.2) is 30.9 Å². The highest BCUT2D eigenvalue weighted by molar-refractivity contribution is 5.75. The lowest BCUT2D eigenvalue weighted by atomic mass is 9.94. The first kappa shape index (κ1) is 14.1. The largest absolute Gasteiger partial charge is 0.496 e. The first-order valence-corrected chi connectivity index (χ1v) is 7.00. The zero-order valence-electron chi connectivity index (χ0n) is 12.1. The van der Waals surface area contributed by atoms with Crippen LogP contribution < -0.4 is 4.74 Å². The van der Waals surface area contributed by atoms with Gasteiger partial charge >= 0.3 is 0 Å². The van der Waals surface area contributed by atoms with E-state index < -0.39 is 0 Å². The van der Waals surface area contributed by atoms with Crippen LogP contribution in [0.25, 0.3) is 0 Å². The van der Waals surface area contributed by atoms with Crippen LogP contribution in [0.4, 0.5) is 0 Å². The second kappa shape index (κ2) is 6.20. The number of aldehydes is 1. The minimum absolute atomic E-state index is 0.598. The molecule has 1 aromatic carbocycles. The van der Waals surface area contributed by atoms with Gasteiger partial charge in [-0.15, -0.1) is 0 Å². The molecule has 0 bridgehead atoms. The van der Waals surface area contributed by atoms with Crippen molar-refractivity contribution in [1.29, 1.82) is 0 Å². The Morgan fingerprint density at radius 1 is 1.37 bits per heavy atom. The Kier molecular flexibility index (Phi) is 4.59. The van der Waals surface area contributed by atoms with Gasteiger partial charge in [-0.1, -0.05) is 6.92 Å². The van der Waals surface area contributed by atoms with Gasteiger partial charge in [-0.2, -0.15) is 0 Å². The summed E-state index contributed by atoms with van der Waals surface area (Å²) in [6.07, 6.45) is 3.45. The zero-order valence-corrected chi connectivity index (χ0v) is 12.1. The summed E-state index contributed by atoms with van der Waals surface area (Å²) in [6, 6.07) is 6.23. The predicted octanol–water partition coefficient (Wildman–Crippen LogP) is 3.13. The van der Waals surface area contributed by atoms with Gasteiger partial charge in [0.25, 0.3) is 0 Å². The van der Waals surface area contributed by atoms with Gasteiger partial charge in [-0.25, -0.2) is 0 Å². The molecule has 0 saturated carbocycles. The minimum atomic E-state index is 0.598. The van der Waals surface area contributed by atoms with E-state index in [1.54, 1.807) is 13.2 Å². The van der Waals surface area contributed by atoms with Crippen molar-refractivity contribution in [1.82, 2.24) is 4.90 Å². The number of methoxy groups -OCH3 is 1. The van der Waals surface area contributed by atoms with Crippen molar-refractivity contribution in [3.8, 4) is 5.75 Å². The van der Waals surface area contributed by atoms with Crippen molar-refractivity contribution in [2.75, 3.05) is 13.7 Å². The van der Waals surface area contributed by atoms with Crippen molar-refractivity contribution in [3.63, 3.8) is 0 Å². The lowest BCUT2D eigenvalue weighted by Gasteiger charge is -2.37. The molecular formula is C16H23NO2. The Morgan fingerprint density at radius 3 is 2.84 bits per heavy atom. The third-order valence-electron chi connectivity index (χ3n) is 4.06. The molecule has 1 aliphatic heterocycles. The third kappa shape index (κ3) is 3.35. The molecule has 0 spiro atoms. The van der Waals surface area contributed by atoms with E-state index >= 15 is 0 Å². The Labute approximate surface area is 115 Å². The molecule has 3 nitrogen and oxygen atoms in total. The Hall–Kier alpha value is -1.35. The van der Waals surface area contributed by atoms with Crippen LogP contribution in [0.5, 0.6) is 5.75 Å². The molecule has 0 N–H and O–H groups in total. The first-order valence-electron chi connectivity index (χ1n) is 7.00. The van der Waals surface area contributed by atoms with Crippen LogP contribution in [-0.2, 0) is 6.54 Å². The van der Waals surface area contributed by atoms with Crippen molar-refractivity contribution in [3.05, 3.63) is 29.3 Å². The number of piperidine rings is 1. The smallest absolute Gasteiger partial charge is 0.150 e. The van der Waals surface area contributed by atoms with Gasteiger partial charge in [0, 0.05) is 30.3 Å². The third-order valence-corrected chi connectivity index (χ3v) is 4.06. The molecule has 3 heteroatoms. The Morgan fingerprint density at radius 2 is 2.16 bits per heavy atom. The highest BCUT2D eigenvalue weighted by Gasteiger charge is 2.23. The molecule has 0 aromatic heterocycles. The summed E-state index contributed by atoms with van der Waals surface area (Å²) in [7, 11) is 1.68. The second-order valence-corrected chi connectivity index (χ2v) is 5.65. The number of hydrogen-bond acceptors (Lipinski definition) is 3. The predicted molar refractivity (Wildman–Crippen MR) is 76.7 cm³/mol. The number of benzene rings is 1. The van der Waals surface area contributed by atoms with Gasteiger partial charge in [-0.05, 0) is 43.9 Å². The van der Waals surface area contributed by atoms with Crippen molar-refractivity contribution in [2.45, 2.75) is 39.3 Å². The lowest BCUT2D eigenvalue weighted by molar-refractivity contribution is 0.112. The maximum atomic E-state index is 10.9. The summed E-state index contributed by atoms with van der Waals surface area (Å²) in [5.41, 5.74) is 1.82. The van der Waals surface area contributed by atoms with Gasteiger partial charge in [0.05, 0.1) is 7.11 Å². The molecule has 0 amide bonds. The summed E-state index contributed by atoms with van der Waals surface area (Å²) in [5, 5.41) is 0. The average molecular weight is 261 g/mol. The molecule has 1 fully saturated rings. The molecule has 2 unspecified atom stereocenters. The maximum absolute atomic E-state index is 10.9. The Bertz CT molecular complexity index is 444. The van der Waals surface area contributed by atoms with Gasteiger partial charge in [0.2, 0.25) is 0 Å². The minimum Gasteiger partial charge on any atom is -0.496 e. The number of carbonyl (C=O) groups is 1. The number of rotatable bonds is 4. The van der Waals surface area contributed by atoms with Crippen LogP contribution >= 0.6 is 0 Å². The van der Waals surface area contributed by atoms with E-state index in [1.165, 1.54) is 12.8 Å². The van der Waals surface area contributed by atoms with E-state index in [1.807, 2.05) is 12.1 Å².